The van der Waals surface area contributed by atoms with E-state index in [0.717, 1.165) is 38.2 Å². The third-order valence-electron chi connectivity index (χ3n) is 3.99. The molecule has 0 saturated heterocycles. The molecule has 1 aromatic carbocycles. The molecule has 3 N–H and O–H groups in total. The first-order valence-corrected chi connectivity index (χ1v) is 11.0. The molecule has 156 valence electrons. The molecule has 0 unspecified atom stereocenters. The zero-order chi connectivity index (χ0) is 20.3. The number of ether oxygens (including phenoxy) is 1. The van der Waals surface area contributed by atoms with E-state index in [1.807, 2.05) is 0 Å². The predicted octanol–water partition coefficient (Wildman–Crippen LogP) is 4.71. The maximum atomic E-state index is 13.3. The van der Waals surface area contributed by atoms with Gasteiger partial charge in [0.15, 0.2) is 0 Å². The number of hydrogen-bond donors (Lipinski definition) is 3. The van der Waals surface area contributed by atoms with Gasteiger partial charge in [0, 0.05) is 6.54 Å². The fourth-order valence-corrected chi connectivity index (χ4v) is 3.14. The predicted molar refractivity (Wildman–Crippen MR) is 98.9 cm³/mol. The molecule has 0 heterocycles. The molecular formula is C18H29F3NO4P. The van der Waals surface area contributed by atoms with Crippen LogP contribution in [0, 0.1) is 0 Å². The van der Waals surface area contributed by atoms with Crippen LogP contribution in [0.3, 0.4) is 0 Å². The van der Waals surface area contributed by atoms with Crippen LogP contribution in [0.4, 0.5) is 13.2 Å². The molecule has 0 aliphatic heterocycles. The molecule has 0 radical (unpaired) electrons. The largest absolute Gasteiger partial charge is 0.493 e. The monoisotopic (exact) mass is 411 g/mol. The smallest absolute Gasteiger partial charge is 0.419 e. The van der Waals surface area contributed by atoms with Gasteiger partial charge in [-0.2, -0.15) is 13.2 Å². The zero-order valence-corrected chi connectivity index (χ0v) is 16.5. The first kappa shape index (κ1) is 24.0. The SMILES string of the molecule is CCCCCCCOc1ccc(CNCCCP(=O)(O)O)cc1C(F)(F)F. The Hall–Kier alpha value is -1.08. The molecule has 1 rings (SSSR count). The Morgan fingerprint density at radius 2 is 1.81 bits per heavy atom. The zero-order valence-electron chi connectivity index (χ0n) is 15.6. The van der Waals surface area contributed by atoms with E-state index < -0.39 is 19.3 Å². The lowest BCUT2D eigenvalue weighted by Gasteiger charge is -2.16. The second kappa shape index (κ2) is 11.7. The van der Waals surface area contributed by atoms with Crippen LogP contribution >= 0.6 is 7.60 Å². The van der Waals surface area contributed by atoms with Crippen molar-refractivity contribution >= 4 is 7.60 Å². The molecule has 0 amide bonds. The average Bonchev–Trinajstić information content (AvgIpc) is 2.56. The summed E-state index contributed by atoms with van der Waals surface area (Å²) in [6.45, 7) is 2.84. The van der Waals surface area contributed by atoms with Gasteiger partial charge in [-0.05, 0) is 37.1 Å². The number of nitrogens with one attached hydrogen (secondary N) is 1. The Kier molecular flexibility index (Phi) is 10.4. The van der Waals surface area contributed by atoms with Crippen LogP contribution in [0.2, 0.25) is 0 Å². The molecule has 0 saturated carbocycles. The number of hydrogen-bond acceptors (Lipinski definition) is 3. The highest BCUT2D eigenvalue weighted by molar-refractivity contribution is 7.51. The molecule has 9 heteroatoms. The van der Waals surface area contributed by atoms with E-state index in [2.05, 4.69) is 12.2 Å². The van der Waals surface area contributed by atoms with Gasteiger partial charge in [-0.15, -0.1) is 0 Å². The number of alkyl halides is 3. The van der Waals surface area contributed by atoms with E-state index in [4.69, 9.17) is 14.5 Å². The van der Waals surface area contributed by atoms with Crippen LogP contribution in [0.25, 0.3) is 0 Å². The third kappa shape index (κ3) is 10.7. The van der Waals surface area contributed by atoms with Crippen molar-refractivity contribution in [3.05, 3.63) is 29.3 Å². The Morgan fingerprint density at radius 1 is 1.11 bits per heavy atom. The van der Waals surface area contributed by atoms with E-state index in [1.165, 1.54) is 6.07 Å². The normalized spacial score (nSPS) is 12.4. The number of benzene rings is 1. The minimum Gasteiger partial charge on any atom is -0.493 e. The lowest BCUT2D eigenvalue weighted by molar-refractivity contribution is -0.139. The summed E-state index contributed by atoms with van der Waals surface area (Å²) >= 11 is 0. The van der Waals surface area contributed by atoms with Gasteiger partial charge in [-0.1, -0.05) is 38.7 Å². The second-order valence-electron chi connectivity index (χ2n) is 6.51. The Balaban J connectivity index is 2.56. The second-order valence-corrected chi connectivity index (χ2v) is 8.29. The van der Waals surface area contributed by atoms with Crippen molar-refractivity contribution in [2.24, 2.45) is 0 Å². The van der Waals surface area contributed by atoms with Gasteiger partial charge in [0.05, 0.1) is 18.3 Å². The highest BCUT2D eigenvalue weighted by Crippen LogP contribution is 2.37. The van der Waals surface area contributed by atoms with Crippen LogP contribution < -0.4 is 10.1 Å². The molecule has 0 spiro atoms. The molecule has 0 bridgehead atoms. The minimum absolute atomic E-state index is 0.164. The molecule has 27 heavy (non-hydrogen) atoms. The van der Waals surface area contributed by atoms with Crippen LogP contribution in [0.1, 0.15) is 56.6 Å². The topological polar surface area (TPSA) is 78.8 Å². The average molecular weight is 411 g/mol. The molecule has 1 aromatic rings. The Labute approximate surface area is 158 Å². The van der Waals surface area contributed by atoms with E-state index in [0.29, 0.717) is 12.1 Å². The lowest BCUT2D eigenvalue weighted by Crippen LogP contribution is -2.17. The molecule has 0 aromatic heterocycles. The van der Waals surface area contributed by atoms with Crippen molar-refractivity contribution in [2.75, 3.05) is 19.3 Å². The first-order chi connectivity index (χ1) is 12.6. The van der Waals surface area contributed by atoms with Crippen molar-refractivity contribution < 1.29 is 32.3 Å². The fraction of sp³-hybridized carbons (Fsp3) is 0.667. The number of unbranched alkanes of at least 4 members (excludes halogenated alkanes) is 4. The van der Waals surface area contributed by atoms with E-state index >= 15 is 0 Å². The van der Waals surface area contributed by atoms with Crippen LogP contribution in [0.5, 0.6) is 5.75 Å². The molecule has 0 fully saturated rings. The van der Waals surface area contributed by atoms with Gasteiger partial charge < -0.3 is 19.8 Å². The van der Waals surface area contributed by atoms with Gasteiger partial charge in [-0.3, -0.25) is 4.57 Å². The van der Waals surface area contributed by atoms with Crippen LogP contribution in [-0.2, 0) is 17.3 Å². The van der Waals surface area contributed by atoms with Gasteiger partial charge in [-0.25, -0.2) is 0 Å². The van der Waals surface area contributed by atoms with E-state index in [1.54, 1.807) is 6.07 Å². The fourth-order valence-electron chi connectivity index (χ4n) is 2.56. The summed E-state index contributed by atoms with van der Waals surface area (Å²) in [6, 6.07) is 3.96. The summed E-state index contributed by atoms with van der Waals surface area (Å²) in [5.74, 6) is -0.164. The molecule has 0 aliphatic carbocycles. The number of rotatable bonds is 13. The number of halogens is 3. The van der Waals surface area contributed by atoms with Crippen molar-refractivity contribution in [2.45, 2.75) is 58.2 Å². The van der Waals surface area contributed by atoms with Gasteiger partial charge >= 0.3 is 13.8 Å². The Morgan fingerprint density at radius 3 is 2.44 bits per heavy atom. The summed E-state index contributed by atoms with van der Waals surface area (Å²) in [7, 11) is -4.04. The van der Waals surface area contributed by atoms with E-state index in [9.17, 15) is 17.7 Å². The maximum Gasteiger partial charge on any atom is 0.419 e. The van der Waals surface area contributed by atoms with Crippen molar-refractivity contribution in [3.8, 4) is 5.75 Å². The van der Waals surface area contributed by atoms with Crippen LogP contribution in [0.15, 0.2) is 18.2 Å². The summed E-state index contributed by atoms with van der Waals surface area (Å²) in [6.07, 6.45) is 0.421. The first-order valence-electron chi connectivity index (χ1n) is 9.21. The molecular weight excluding hydrogens is 382 g/mol. The summed E-state index contributed by atoms with van der Waals surface area (Å²) in [5.41, 5.74) is -0.362. The molecule has 5 nitrogen and oxygen atoms in total. The van der Waals surface area contributed by atoms with Gasteiger partial charge in [0.25, 0.3) is 0 Å². The quantitative estimate of drug-likeness (QED) is 0.324. The van der Waals surface area contributed by atoms with Crippen molar-refractivity contribution in [3.63, 3.8) is 0 Å². The molecule has 0 aliphatic rings. The lowest BCUT2D eigenvalue weighted by atomic mass is 10.1. The summed E-state index contributed by atoms with van der Waals surface area (Å²) < 4.78 is 56.0. The van der Waals surface area contributed by atoms with Gasteiger partial charge in [0.1, 0.15) is 5.75 Å². The van der Waals surface area contributed by atoms with Crippen molar-refractivity contribution in [1.29, 1.82) is 0 Å². The highest BCUT2D eigenvalue weighted by Gasteiger charge is 2.34. The third-order valence-corrected chi connectivity index (χ3v) is 4.89. The van der Waals surface area contributed by atoms with E-state index in [-0.39, 0.29) is 31.5 Å². The summed E-state index contributed by atoms with van der Waals surface area (Å²) in [4.78, 5) is 17.5. The van der Waals surface area contributed by atoms with Crippen molar-refractivity contribution in [1.82, 2.24) is 5.32 Å². The minimum atomic E-state index is -4.51. The Bertz CT molecular complexity index is 605. The standard InChI is InChI=1S/C18H29F3NO4P/c1-2-3-4-5-6-11-26-17-9-8-15(13-16(17)18(19,20)21)14-22-10-7-12-27(23,24)25/h8-9,13,22H,2-7,10-12,14H2,1H3,(H2,23,24,25). The highest BCUT2D eigenvalue weighted by atomic mass is 31.2. The van der Waals surface area contributed by atoms with Gasteiger partial charge in [0.2, 0.25) is 0 Å². The maximum absolute atomic E-state index is 13.3. The molecule has 0 atom stereocenters. The summed E-state index contributed by atoms with van der Waals surface area (Å²) in [5, 5.41) is 2.89. The van der Waals surface area contributed by atoms with Crippen LogP contribution in [-0.4, -0.2) is 29.1 Å².